The van der Waals surface area contributed by atoms with Crippen molar-refractivity contribution in [3.8, 4) is 0 Å². The van der Waals surface area contributed by atoms with Crippen LogP contribution in [0.4, 0.5) is 4.39 Å². The Morgan fingerprint density at radius 3 is 2.38 bits per heavy atom. The van der Waals surface area contributed by atoms with E-state index in [1.807, 2.05) is 41.3 Å². The molecule has 3 rings (SSSR count). The first kappa shape index (κ1) is 23.1. The number of likely N-dealkylation sites (N-methyl/N-ethyl adjacent to an activating group) is 1. The third kappa shape index (κ3) is 6.99. The van der Waals surface area contributed by atoms with Crippen molar-refractivity contribution < 1.29 is 14.0 Å². The maximum atomic E-state index is 13.3. The van der Waals surface area contributed by atoms with E-state index in [0.29, 0.717) is 25.1 Å². The summed E-state index contributed by atoms with van der Waals surface area (Å²) in [7, 11) is 1.54. The summed E-state index contributed by atoms with van der Waals surface area (Å²) in [6, 6.07) is 20.3. The number of rotatable bonds is 10. The van der Waals surface area contributed by atoms with Crippen molar-refractivity contribution in [3.63, 3.8) is 0 Å². The van der Waals surface area contributed by atoms with Crippen molar-refractivity contribution in [1.82, 2.24) is 20.5 Å². The number of benzene rings is 2. The number of pyridine rings is 1. The molecule has 1 heterocycles. The molecule has 7 heteroatoms. The van der Waals surface area contributed by atoms with Gasteiger partial charge in [-0.25, -0.2) is 4.39 Å². The van der Waals surface area contributed by atoms with Gasteiger partial charge in [0.2, 0.25) is 11.8 Å². The van der Waals surface area contributed by atoms with Gasteiger partial charge in [0.05, 0.1) is 6.54 Å². The molecule has 0 aliphatic carbocycles. The second kappa shape index (κ2) is 11.7. The minimum atomic E-state index is -0.780. The molecule has 1 aromatic heterocycles. The molecular formula is C25H27FN4O2. The minimum absolute atomic E-state index is 0.0878. The van der Waals surface area contributed by atoms with E-state index in [0.717, 1.165) is 11.3 Å². The van der Waals surface area contributed by atoms with E-state index in [9.17, 15) is 14.0 Å². The fourth-order valence-corrected chi connectivity index (χ4v) is 3.38. The molecule has 166 valence electrons. The predicted octanol–water partition coefficient (Wildman–Crippen LogP) is 2.87. The van der Waals surface area contributed by atoms with Crippen molar-refractivity contribution >= 4 is 11.8 Å². The number of aromatic nitrogens is 1. The van der Waals surface area contributed by atoms with Crippen LogP contribution in [0.25, 0.3) is 0 Å². The quantitative estimate of drug-likeness (QED) is 0.515. The van der Waals surface area contributed by atoms with E-state index in [-0.39, 0.29) is 24.2 Å². The molecule has 0 saturated carbocycles. The van der Waals surface area contributed by atoms with Gasteiger partial charge in [-0.05, 0) is 35.4 Å². The Labute approximate surface area is 187 Å². The highest BCUT2D eigenvalue weighted by molar-refractivity contribution is 5.89. The lowest BCUT2D eigenvalue weighted by atomic mass is 10.1. The lowest BCUT2D eigenvalue weighted by molar-refractivity contribution is -0.129. The molecule has 0 bridgehead atoms. The van der Waals surface area contributed by atoms with Crippen molar-refractivity contribution in [2.45, 2.75) is 19.0 Å². The second-order valence-electron chi connectivity index (χ2n) is 7.43. The largest absolute Gasteiger partial charge is 0.357 e. The Morgan fingerprint density at radius 1 is 1.00 bits per heavy atom. The third-order valence-electron chi connectivity index (χ3n) is 5.04. The van der Waals surface area contributed by atoms with E-state index in [1.165, 1.54) is 19.2 Å². The molecule has 0 spiro atoms. The van der Waals surface area contributed by atoms with Crippen LogP contribution in [0.5, 0.6) is 0 Å². The molecule has 0 aliphatic heterocycles. The Kier molecular flexibility index (Phi) is 8.45. The number of hydrogen-bond donors (Lipinski definition) is 2. The Morgan fingerprint density at radius 2 is 1.72 bits per heavy atom. The van der Waals surface area contributed by atoms with E-state index >= 15 is 0 Å². The molecule has 2 N–H and O–H groups in total. The van der Waals surface area contributed by atoms with Crippen LogP contribution in [-0.4, -0.2) is 41.8 Å². The molecule has 2 amide bonds. The van der Waals surface area contributed by atoms with Crippen molar-refractivity contribution in [3.05, 3.63) is 102 Å². The first-order chi connectivity index (χ1) is 15.5. The molecule has 2 aromatic carbocycles. The highest BCUT2D eigenvalue weighted by Gasteiger charge is 2.22. The third-order valence-corrected chi connectivity index (χ3v) is 5.04. The van der Waals surface area contributed by atoms with Gasteiger partial charge in [0.1, 0.15) is 11.9 Å². The topological polar surface area (TPSA) is 74.3 Å². The lowest BCUT2D eigenvalue weighted by Crippen LogP contribution is -2.44. The van der Waals surface area contributed by atoms with Gasteiger partial charge in [-0.2, -0.15) is 0 Å². The van der Waals surface area contributed by atoms with Gasteiger partial charge in [0.25, 0.3) is 0 Å². The zero-order chi connectivity index (χ0) is 22.8. The van der Waals surface area contributed by atoms with Gasteiger partial charge in [0.15, 0.2) is 0 Å². The molecule has 6 nitrogen and oxygen atoms in total. The van der Waals surface area contributed by atoms with Gasteiger partial charge in [-0.15, -0.1) is 0 Å². The van der Waals surface area contributed by atoms with Crippen molar-refractivity contribution in [2.75, 3.05) is 20.1 Å². The Hall–Kier alpha value is -3.58. The highest BCUT2D eigenvalue weighted by atomic mass is 19.1. The van der Waals surface area contributed by atoms with E-state index in [2.05, 4.69) is 15.6 Å². The predicted molar refractivity (Wildman–Crippen MR) is 121 cm³/mol. The molecule has 32 heavy (non-hydrogen) atoms. The maximum Gasteiger partial charge on any atom is 0.246 e. The average molecular weight is 435 g/mol. The molecule has 3 aromatic rings. The highest BCUT2D eigenvalue weighted by Crippen LogP contribution is 2.13. The van der Waals surface area contributed by atoms with Crippen LogP contribution in [0.3, 0.4) is 0 Å². The molecule has 0 saturated heterocycles. The van der Waals surface area contributed by atoms with Crippen LogP contribution in [0.2, 0.25) is 0 Å². The summed E-state index contributed by atoms with van der Waals surface area (Å²) in [5.41, 5.74) is 2.52. The standard InChI is InChI=1S/C25H27FN4O2/c1-27-25(32)24(20-7-3-2-4-8-20)29-23(31)18-30(16-14-22-9-5-6-15-28-22)17-19-10-12-21(26)13-11-19/h2-13,15,24H,14,16-18H2,1H3,(H,27,32)(H,29,31). The summed E-state index contributed by atoms with van der Waals surface area (Å²) < 4.78 is 13.3. The average Bonchev–Trinajstić information content (AvgIpc) is 2.83. The summed E-state index contributed by atoms with van der Waals surface area (Å²) >= 11 is 0. The monoisotopic (exact) mass is 434 g/mol. The van der Waals surface area contributed by atoms with E-state index in [1.54, 1.807) is 30.5 Å². The fraction of sp³-hybridized carbons (Fsp3) is 0.240. The normalized spacial score (nSPS) is 11.7. The first-order valence-electron chi connectivity index (χ1n) is 10.5. The van der Waals surface area contributed by atoms with Crippen LogP contribution in [0.1, 0.15) is 22.9 Å². The zero-order valence-corrected chi connectivity index (χ0v) is 18.0. The lowest BCUT2D eigenvalue weighted by Gasteiger charge is -2.24. The molecule has 0 aliphatic rings. The van der Waals surface area contributed by atoms with Crippen LogP contribution >= 0.6 is 0 Å². The van der Waals surface area contributed by atoms with E-state index < -0.39 is 6.04 Å². The Balaban J connectivity index is 1.70. The van der Waals surface area contributed by atoms with Gasteiger partial charge in [0, 0.05) is 38.4 Å². The summed E-state index contributed by atoms with van der Waals surface area (Å²) in [5.74, 6) is -0.864. The summed E-state index contributed by atoms with van der Waals surface area (Å²) in [6.07, 6.45) is 2.40. The first-order valence-corrected chi connectivity index (χ1v) is 10.5. The molecule has 0 fully saturated rings. The number of nitrogens with zero attached hydrogens (tertiary/aromatic N) is 2. The van der Waals surface area contributed by atoms with Crippen LogP contribution in [-0.2, 0) is 22.6 Å². The van der Waals surface area contributed by atoms with Gasteiger partial charge in [-0.1, -0.05) is 48.5 Å². The molecular weight excluding hydrogens is 407 g/mol. The number of halogens is 1. The number of hydrogen-bond acceptors (Lipinski definition) is 4. The summed E-state index contributed by atoms with van der Waals surface area (Å²) in [6.45, 7) is 1.14. The SMILES string of the molecule is CNC(=O)C(NC(=O)CN(CCc1ccccn1)Cc1ccc(F)cc1)c1ccccc1. The van der Waals surface area contributed by atoms with Gasteiger partial charge in [-0.3, -0.25) is 19.5 Å². The van der Waals surface area contributed by atoms with Gasteiger partial charge >= 0.3 is 0 Å². The van der Waals surface area contributed by atoms with Gasteiger partial charge < -0.3 is 10.6 Å². The van der Waals surface area contributed by atoms with Crippen LogP contribution in [0.15, 0.2) is 79.0 Å². The van der Waals surface area contributed by atoms with Crippen LogP contribution < -0.4 is 10.6 Å². The molecule has 1 unspecified atom stereocenters. The number of carbonyl (C=O) groups is 2. The Bertz CT molecular complexity index is 997. The molecule has 1 atom stereocenters. The van der Waals surface area contributed by atoms with E-state index in [4.69, 9.17) is 0 Å². The fourth-order valence-electron chi connectivity index (χ4n) is 3.38. The maximum absolute atomic E-state index is 13.3. The van der Waals surface area contributed by atoms with Crippen molar-refractivity contribution in [1.29, 1.82) is 0 Å². The number of amides is 2. The second-order valence-corrected chi connectivity index (χ2v) is 7.43. The van der Waals surface area contributed by atoms with Crippen LogP contribution in [0, 0.1) is 5.82 Å². The smallest absolute Gasteiger partial charge is 0.246 e. The number of nitrogens with one attached hydrogen (secondary N) is 2. The summed E-state index contributed by atoms with van der Waals surface area (Å²) in [5, 5.41) is 5.44. The number of carbonyl (C=O) groups excluding carboxylic acids is 2. The van der Waals surface area contributed by atoms with Crippen molar-refractivity contribution in [2.24, 2.45) is 0 Å². The minimum Gasteiger partial charge on any atom is -0.357 e. The zero-order valence-electron chi connectivity index (χ0n) is 18.0. The molecule has 0 radical (unpaired) electrons. The summed E-state index contributed by atoms with van der Waals surface area (Å²) in [4.78, 5) is 31.6.